The van der Waals surface area contributed by atoms with E-state index < -0.39 is 23.6 Å². The molecule has 1 heterocycles. The zero-order valence-electron chi connectivity index (χ0n) is 13.9. The van der Waals surface area contributed by atoms with Gasteiger partial charge in [0.05, 0.1) is 13.0 Å². The number of aromatic nitrogens is 1. The van der Waals surface area contributed by atoms with Crippen LogP contribution in [0.5, 0.6) is 0 Å². The molecule has 0 saturated carbocycles. The molecule has 0 fully saturated rings. The Labute approximate surface area is 139 Å². The smallest absolute Gasteiger partial charge is 0.307 e. The number of nitrogens with zero attached hydrogens (tertiary/aromatic N) is 1. The Morgan fingerprint density at radius 3 is 2.46 bits per heavy atom. The maximum Gasteiger partial charge on any atom is 0.307 e. The first-order chi connectivity index (χ1) is 11.3. The van der Waals surface area contributed by atoms with Gasteiger partial charge in [0.15, 0.2) is 11.6 Å². The lowest BCUT2D eigenvalue weighted by Crippen LogP contribution is -2.19. The highest BCUT2D eigenvalue weighted by molar-refractivity contribution is 5.72. The average Bonchev–Trinajstić information content (AvgIpc) is 2.50. The molecule has 1 atom stereocenters. The molecule has 0 radical (unpaired) electrons. The van der Waals surface area contributed by atoms with Gasteiger partial charge in [0.1, 0.15) is 0 Å². The molecule has 0 amide bonds. The van der Waals surface area contributed by atoms with Crippen LogP contribution in [0, 0.1) is 25.5 Å². The highest BCUT2D eigenvalue weighted by Gasteiger charge is 2.21. The number of carbonyl (C=O) groups is 1. The third kappa shape index (κ3) is 3.76. The fraction of sp³-hybridized carbons (Fsp3) is 0.333. The lowest BCUT2D eigenvalue weighted by molar-refractivity contribution is -0.143. The van der Waals surface area contributed by atoms with E-state index in [0.29, 0.717) is 5.56 Å². The second-order valence-corrected chi connectivity index (χ2v) is 5.63. The molecule has 1 aromatic carbocycles. The summed E-state index contributed by atoms with van der Waals surface area (Å²) >= 11 is 0. The lowest BCUT2D eigenvalue weighted by atomic mass is 9.93. The third-order valence-electron chi connectivity index (χ3n) is 3.76. The van der Waals surface area contributed by atoms with Crippen LogP contribution in [0.2, 0.25) is 0 Å². The number of ether oxygens (including phenoxy) is 1. The van der Waals surface area contributed by atoms with Crippen molar-refractivity contribution < 1.29 is 18.3 Å². The summed E-state index contributed by atoms with van der Waals surface area (Å²) in [5, 5.41) is 0. The van der Waals surface area contributed by atoms with Gasteiger partial charge in [0, 0.05) is 24.0 Å². The van der Waals surface area contributed by atoms with Crippen LogP contribution in [0.4, 0.5) is 8.78 Å². The maximum absolute atomic E-state index is 14.2. The van der Waals surface area contributed by atoms with Crippen molar-refractivity contribution in [2.75, 3.05) is 6.61 Å². The van der Waals surface area contributed by atoms with Gasteiger partial charge in [-0.2, -0.15) is 0 Å². The fourth-order valence-electron chi connectivity index (χ4n) is 2.69. The quantitative estimate of drug-likeness (QED) is 0.849. The molecule has 2 aromatic rings. The van der Waals surface area contributed by atoms with Gasteiger partial charge >= 0.3 is 5.97 Å². The predicted octanol–water partition coefficient (Wildman–Crippen LogP) is 3.60. The molecule has 2 rings (SSSR count). The average molecular weight is 334 g/mol. The first-order valence-electron chi connectivity index (χ1n) is 7.66. The maximum atomic E-state index is 14.2. The summed E-state index contributed by atoms with van der Waals surface area (Å²) in [5.74, 6) is -2.59. The molecule has 0 unspecified atom stereocenters. The summed E-state index contributed by atoms with van der Waals surface area (Å²) < 4.78 is 33.1. The van der Waals surface area contributed by atoms with E-state index in [-0.39, 0.29) is 18.6 Å². The van der Waals surface area contributed by atoms with Crippen molar-refractivity contribution in [3.8, 4) is 11.1 Å². The topological polar surface area (TPSA) is 65.2 Å². The van der Waals surface area contributed by atoms with E-state index in [4.69, 9.17) is 10.5 Å². The molecule has 0 aliphatic carbocycles. The first-order valence-corrected chi connectivity index (χ1v) is 7.66. The van der Waals surface area contributed by atoms with Gasteiger partial charge < -0.3 is 10.5 Å². The van der Waals surface area contributed by atoms with Crippen molar-refractivity contribution in [3.05, 3.63) is 52.9 Å². The normalized spacial score (nSPS) is 12.1. The van der Waals surface area contributed by atoms with Crippen molar-refractivity contribution in [1.82, 2.24) is 4.98 Å². The van der Waals surface area contributed by atoms with Crippen LogP contribution in [0.3, 0.4) is 0 Å². The van der Waals surface area contributed by atoms with Crippen molar-refractivity contribution in [1.29, 1.82) is 0 Å². The van der Waals surface area contributed by atoms with E-state index in [0.717, 1.165) is 22.8 Å². The zero-order chi connectivity index (χ0) is 17.9. The molecule has 0 aliphatic heterocycles. The van der Waals surface area contributed by atoms with Crippen LogP contribution in [0.25, 0.3) is 11.1 Å². The minimum absolute atomic E-state index is 0.0475. The van der Waals surface area contributed by atoms with Crippen LogP contribution in [0.15, 0.2) is 24.5 Å². The Morgan fingerprint density at radius 2 is 1.88 bits per heavy atom. The van der Waals surface area contributed by atoms with Crippen molar-refractivity contribution in [2.24, 2.45) is 5.73 Å². The van der Waals surface area contributed by atoms with Crippen LogP contribution in [-0.4, -0.2) is 17.6 Å². The van der Waals surface area contributed by atoms with Crippen LogP contribution >= 0.6 is 0 Å². The molecule has 128 valence electrons. The number of benzene rings is 1. The molecule has 0 aliphatic rings. The molecular formula is C18H20F2N2O2. The van der Waals surface area contributed by atoms with Gasteiger partial charge in [-0.3, -0.25) is 9.78 Å². The summed E-state index contributed by atoms with van der Waals surface area (Å²) in [6.07, 6.45) is 3.09. The standard InChI is InChI=1S/C18H20F2N2O2/c1-4-24-16(23)7-15(21)13-5-12(6-14(19)18(13)20)17-10(2)8-22-9-11(17)3/h5-6,8-9,15H,4,7,21H2,1-3H3/t15-/m0/s1. The van der Waals surface area contributed by atoms with E-state index >= 15 is 0 Å². The molecule has 0 spiro atoms. The van der Waals surface area contributed by atoms with Crippen LogP contribution < -0.4 is 5.73 Å². The van der Waals surface area contributed by atoms with Gasteiger partial charge in [-0.1, -0.05) is 0 Å². The second-order valence-electron chi connectivity index (χ2n) is 5.63. The molecular weight excluding hydrogens is 314 g/mol. The fourth-order valence-corrected chi connectivity index (χ4v) is 2.69. The predicted molar refractivity (Wildman–Crippen MR) is 87.2 cm³/mol. The van der Waals surface area contributed by atoms with Crippen LogP contribution in [0.1, 0.15) is 36.1 Å². The molecule has 0 saturated heterocycles. The molecule has 0 bridgehead atoms. The van der Waals surface area contributed by atoms with Gasteiger partial charge in [-0.15, -0.1) is 0 Å². The molecule has 4 nitrogen and oxygen atoms in total. The van der Waals surface area contributed by atoms with Gasteiger partial charge in [0.25, 0.3) is 0 Å². The van der Waals surface area contributed by atoms with E-state index in [2.05, 4.69) is 4.98 Å². The number of hydrogen-bond donors (Lipinski definition) is 1. The molecule has 24 heavy (non-hydrogen) atoms. The Hall–Kier alpha value is -2.34. The summed E-state index contributed by atoms with van der Waals surface area (Å²) in [6.45, 7) is 5.56. The molecule has 6 heteroatoms. The highest BCUT2D eigenvalue weighted by atomic mass is 19.2. The second kappa shape index (κ2) is 7.49. The number of nitrogens with two attached hydrogens (primary N) is 1. The SMILES string of the molecule is CCOC(=O)C[C@H](N)c1cc(-c2c(C)cncc2C)cc(F)c1F. The number of esters is 1. The molecule has 1 aromatic heterocycles. The van der Waals surface area contributed by atoms with Gasteiger partial charge in [-0.05, 0) is 55.2 Å². The van der Waals surface area contributed by atoms with Gasteiger partial charge in [-0.25, -0.2) is 8.78 Å². The van der Waals surface area contributed by atoms with Gasteiger partial charge in [0.2, 0.25) is 0 Å². The Morgan fingerprint density at radius 1 is 1.25 bits per heavy atom. The first kappa shape index (κ1) is 18.0. The molecule has 2 N–H and O–H groups in total. The Kier molecular flexibility index (Phi) is 5.62. The van der Waals surface area contributed by atoms with E-state index in [1.807, 2.05) is 13.8 Å². The number of aryl methyl sites for hydroxylation is 2. The zero-order valence-corrected chi connectivity index (χ0v) is 13.9. The lowest BCUT2D eigenvalue weighted by Gasteiger charge is -2.16. The highest BCUT2D eigenvalue weighted by Crippen LogP contribution is 2.31. The summed E-state index contributed by atoms with van der Waals surface area (Å²) in [4.78, 5) is 15.6. The third-order valence-corrected chi connectivity index (χ3v) is 3.76. The summed E-state index contributed by atoms with van der Waals surface area (Å²) in [7, 11) is 0. The van der Waals surface area contributed by atoms with E-state index in [9.17, 15) is 13.6 Å². The van der Waals surface area contributed by atoms with Crippen LogP contribution in [-0.2, 0) is 9.53 Å². The largest absolute Gasteiger partial charge is 0.466 e. The Bertz CT molecular complexity index is 743. The Balaban J connectivity index is 2.47. The minimum Gasteiger partial charge on any atom is -0.466 e. The van der Waals surface area contributed by atoms with Crippen molar-refractivity contribution in [3.63, 3.8) is 0 Å². The van der Waals surface area contributed by atoms with E-state index in [1.54, 1.807) is 19.3 Å². The summed E-state index contributed by atoms with van der Waals surface area (Å²) in [6, 6.07) is 1.63. The summed E-state index contributed by atoms with van der Waals surface area (Å²) in [5.41, 5.74) is 8.80. The van der Waals surface area contributed by atoms with E-state index in [1.165, 1.54) is 6.07 Å². The number of carbonyl (C=O) groups excluding carboxylic acids is 1. The number of rotatable bonds is 5. The van der Waals surface area contributed by atoms with Crippen molar-refractivity contribution >= 4 is 5.97 Å². The number of pyridine rings is 1. The minimum atomic E-state index is -1.04. The van der Waals surface area contributed by atoms with Crippen molar-refractivity contribution in [2.45, 2.75) is 33.2 Å². The number of halogens is 2. The monoisotopic (exact) mass is 334 g/mol. The number of hydrogen-bond acceptors (Lipinski definition) is 4.